The van der Waals surface area contributed by atoms with Gasteiger partial charge in [0.05, 0.1) is 59.5 Å². The van der Waals surface area contributed by atoms with Crippen molar-refractivity contribution >= 4 is 17.1 Å². The summed E-state index contributed by atoms with van der Waals surface area (Å²) in [6.07, 6.45) is 0. The Labute approximate surface area is 255 Å². The van der Waals surface area contributed by atoms with Crippen molar-refractivity contribution in [2.75, 3.05) is 106 Å². The fourth-order valence-electron chi connectivity index (χ4n) is 3.91. The molecule has 3 aromatic carbocycles. The van der Waals surface area contributed by atoms with Crippen LogP contribution >= 0.6 is 0 Å². The Hall–Kier alpha value is -3.38. The van der Waals surface area contributed by atoms with Crippen molar-refractivity contribution in [1.82, 2.24) is 0 Å². The maximum atomic E-state index is 5.85. The van der Waals surface area contributed by atoms with E-state index in [0.717, 1.165) is 34.3 Å². The van der Waals surface area contributed by atoms with Gasteiger partial charge in [0.1, 0.15) is 37.1 Å². The second-order valence-electron chi connectivity index (χ2n) is 9.18. The van der Waals surface area contributed by atoms with Gasteiger partial charge in [0.25, 0.3) is 0 Å². The number of hydrogen-bond acceptors (Lipinski definition) is 10. The van der Waals surface area contributed by atoms with Gasteiger partial charge in [-0.05, 0) is 72.8 Å². The molecule has 0 unspecified atom stereocenters. The lowest BCUT2D eigenvalue weighted by molar-refractivity contribution is 0.0544. The third-order valence-corrected chi connectivity index (χ3v) is 6.07. The number of rotatable bonds is 24. The Kier molecular flexibility index (Phi) is 16.9. The molecule has 0 heterocycles. The number of anilines is 3. The van der Waals surface area contributed by atoms with Crippen LogP contribution in [0.2, 0.25) is 0 Å². The minimum absolute atomic E-state index is 0.463. The summed E-state index contributed by atoms with van der Waals surface area (Å²) in [7, 11) is 4.96. The van der Waals surface area contributed by atoms with Crippen LogP contribution in [0.5, 0.6) is 17.2 Å². The van der Waals surface area contributed by atoms with Crippen molar-refractivity contribution in [2.45, 2.75) is 0 Å². The van der Waals surface area contributed by atoms with Crippen molar-refractivity contribution in [3.05, 3.63) is 72.8 Å². The Morgan fingerprint density at radius 2 is 0.605 bits per heavy atom. The van der Waals surface area contributed by atoms with Crippen LogP contribution in [0.1, 0.15) is 0 Å². The molecule has 236 valence electrons. The van der Waals surface area contributed by atoms with Gasteiger partial charge in [0, 0.05) is 38.4 Å². The fraction of sp³-hybridized carbons (Fsp3) is 0.455. The zero-order chi connectivity index (χ0) is 30.4. The number of benzene rings is 3. The van der Waals surface area contributed by atoms with E-state index >= 15 is 0 Å². The SMILES string of the molecule is COCCOCCOc1ccc(N(c2ccc(OCCOCCOC)cc2)c2ccc(OCCOCCOC)cc2)cc1. The molecular weight excluding hydrogens is 554 g/mol. The summed E-state index contributed by atoms with van der Waals surface area (Å²) in [6.45, 7) is 6.23. The quantitative estimate of drug-likeness (QED) is 0.127. The van der Waals surface area contributed by atoms with Crippen LogP contribution in [0.4, 0.5) is 17.1 Å². The zero-order valence-electron chi connectivity index (χ0n) is 25.5. The van der Waals surface area contributed by atoms with Crippen LogP contribution in [0.25, 0.3) is 0 Å². The summed E-state index contributed by atoms with van der Waals surface area (Å²) in [6, 6.07) is 23.9. The molecule has 0 aliphatic heterocycles. The second-order valence-corrected chi connectivity index (χ2v) is 9.18. The van der Waals surface area contributed by atoms with Gasteiger partial charge in [0.15, 0.2) is 0 Å². The first-order valence-electron chi connectivity index (χ1n) is 14.4. The normalized spacial score (nSPS) is 11.0. The average molecular weight is 600 g/mol. The lowest BCUT2D eigenvalue weighted by Gasteiger charge is -2.26. The maximum absolute atomic E-state index is 5.85. The first-order valence-corrected chi connectivity index (χ1v) is 14.4. The van der Waals surface area contributed by atoms with E-state index in [9.17, 15) is 0 Å². The molecule has 10 heteroatoms. The Balaban J connectivity index is 1.66. The van der Waals surface area contributed by atoms with Gasteiger partial charge in [-0.3, -0.25) is 0 Å². The molecule has 0 saturated heterocycles. The van der Waals surface area contributed by atoms with Crippen LogP contribution in [0.3, 0.4) is 0 Å². The molecule has 0 spiro atoms. The molecule has 10 nitrogen and oxygen atoms in total. The van der Waals surface area contributed by atoms with E-state index in [1.165, 1.54) is 0 Å². The second kappa shape index (κ2) is 21.3. The van der Waals surface area contributed by atoms with Gasteiger partial charge >= 0.3 is 0 Å². The predicted molar refractivity (Wildman–Crippen MR) is 166 cm³/mol. The van der Waals surface area contributed by atoms with Gasteiger partial charge in [-0.15, -0.1) is 0 Å². The molecule has 0 radical (unpaired) electrons. The maximum Gasteiger partial charge on any atom is 0.119 e. The molecule has 43 heavy (non-hydrogen) atoms. The van der Waals surface area contributed by atoms with Crippen LogP contribution in [-0.4, -0.2) is 101 Å². The van der Waals surface area contributed by atoms with Crippen molar-refractivity contribution in [3.8, 4) is 17.2 Å². The van der Waals surface area contributed by atoms with Crippen molar-refractivity contribution < 1.29 is 42.6 Å². The highest BCUT2D eigenvalue weighted by Gasteiger charge is 2.13. The molecule has 3 rings (SSSR count). The number of nitrogens with zero attached hydrogens (tertiary/aromatic N) is 1. The average Bonchev–Trinajstić information content (AvgIpc) is 3.04. The minimum atomic E-state index is 0.463. The van der Waals surface area contributed by atoms with E-state index in [1.54, 1.807) is 21.3 Å². The van der Waals surface area contributed by atoms with E-state index in [-0.39, 0.29) is 0 Å². The standard InChI is InChI=1S/C33H45NO9/c1-35-16-19-38-22-25-41-31-10-4-28(5-11-31)34(29-6-12-32(13-7-29)42-26-23-39-20-17-36-2)30-8-14-33(15-9-30)43-27-24-40-21-18-37-3/h4-15H,16-27H2,1-3H3. The Morgan fingerprint density at radius 1 is 0.349 bits per heavy atom. The lowest BCUT2D eigenvalue weighted by atomic mass is 10.2. The molecule has 0 N–H and O–H groups in total. The van der Waals surface area contributed by atoms with E-state index < -0.39 is 0 Å². The summed E-state index contributed by atoms with van der Waals surface area (Å²) in [4.78, 5) is 2.16. The number of ether oxygens (including phenoxy) is 9. The van der Waals surface area contributed by atoms with Crippen LogP contribution < -0.4 is 19.1 Å². The number of hydrogen-bond donors (Lipinski definition) is 0. The summed E-state index contributed by atoms with van der Waals surface area (Å²) >= 11 is 0. The number of methoxy groups -OCH3 is 3. The molecule has 0 aliphatic rings. The minimum Gasteiger partial charge on any atom is -0.491 e. The van der Waals surface area contributed by atoms with Crippen molar-refractivity contribution in [3.63, 3.8) is 0 Å². The highest BCUT2D eigenvalue weighted by Crippen LogP contribution is 2.36. The summed E-state index contributed by atoms with van der Waals surface area (Å²) < 4.78 is 49.0. The first-order chi connectivity index (χ1) is 21.2. The summed E-state index contributed by atoms with van der Waals surface area (Å²) in [5.74, 6) is 2.31. The molecule has 0 fully saturated rings. The Bertz CT molecular complexity index is 953. The summed E-state index contributed by atoms with van der Waals surface area (Å²) in [5, 5.41) is 0. The zero-order valence-corrected chi connectivity index (χ0v) is 25.5. The lowest BCUT2D eigenvalue weighted by Crippen LogP contribution is -2.12. The van der Waals surface area contributed by atoms with E-state index in [2.05, 4.69) is 4.90 Å². The highest BCUT2D eigenvalue weighted by atomic mass is 16.6. The molecular formula is C33H45NO9. The van der Waals surface area contributed by atoms with Gasteiger partial charge in [-0.25, -0.2) is 0 Å². The van der Waals surface area contributed by atoms with Gasteiger partial charge < -0.3 is 47.5 Å². The van der Waals surface area contributed by atoms with E-state index in [1.807, 2.05) is 72.8 Å². The van der Waals surface area contributed by atoms with Crippen molar-refractivity contribution in [1.29, 1.82) is 0 Å². The van der Waals surface area contributed by atoms with Crippen LogP contribution in [0.15, 0.2) is 72.8 Å². The largest absolute Gasteiger partial charge is 0.491 e. The van der Waals surface area contributed by atoms with E-state index in [0.29, 0.717) is 79.3 Å². The summed E-state index contributed by atoms with van der Waals surface area (Å²) in [5.41, 5.74) is 2.93. The monoisotopic (exact) mass is 599 g/mol. The third-order valence-electron chi connectivity index (χ3n) is 6.07. The fourth-order valence-corrected chi connectivity index (χ4v) is 3.91. The molecule has 0 amide bonds. The van der Waals surface area contributed by atoms with Gasteiger partial charge in [-0.2, -0.15) is 0 Å². The smallest absolute Gasteiger partial charge is 0.119 e. The van der Waals surface area contributed by atoms with Crippen LogP contribution in [0, 0.1) is 0 Å². The molecule has 0 atom stereocenters. The molecule has 0 saturated carbocycles. The van der Waals surface area contributed by atoms with Crippen molar-refractivity contribution in [2.24, 2.45) is 0 Å². The predicted octanol–water partition coefficient (Wildman–Crippen LogP) is 5.28. The Morgan fingerprint density at radius 3 is 0.860 bits per heavy atom. The molecule has 3 aromatic rings. The topological polar surface area (TPSA) is 86.3 Å². The van der Waals surface area contributed by atoms with Gasteiger partial charge in [0.2, 0.25) is 0 Å². The molecule has 0 aliphatic carbocycles. The first kappa shape index (κ1) is 34.1. The molecule has 0 aromatic heterocycles. The third kappa shape index (κ3) is 13.2. The molecule has 0 bridgehead atoms. The van der Waals surface area contributed by atoms with Gasteiger partial charge in [-0.1, -0.05) is 0 Å². The van der Waals surface area contributed by atoms with Crippen LogP contribution in [-0.2, 0) is 28.4 Å². The van der Waals surface area contributed by atoms with E-state index in [4.69, 9.17) is 42.6 Å². The highest BCUT2D eigenvalue weighted by molar-refractivity contribution is 5.77.